The molecule has 0 aliphatic rings. The van der Waals surface area contributed by atoms with Gasteiger partial charge in [-0.25, -0.2) is 9.37 Å². The van der Waals surface area contributed by atoms with Gasteiger partial charge in [0.1, 0.15) is 17.1 Å². The zero-order valence-corrected chi connectivity index (χ0v) is 15.4. The Morgan fingerprint density at radius 1 is 1.38 bits per heavy atom. The van der Waals surface area contributed by atoms with Gasteiger partial charge in [0.2, 0.25) is 11.8 Å². The number of hydrogen-bond acceptors (Lipinski definition) is 7. The summed E-state index contributed by atoms with van der Waals surface area (Å²) in [4.78, 5) is 16.4. The molecule has 6 nitrogen and oxygen atoms in total. The van der Waals surface area contributed by atoms with Crippen molar-refractivity contribution < 1.29 is 13.9 Å². The van der Waals surface area contributed by atoms with Gasteiger partial charge in [0.25, 0.3) is 0 Å². The van der Waals surface area contributed by atoms with E-state index in [9.17, 15) is 9.18 Å². The van der Waals surface area contributed by atoms with Gasteiger partial charge in [-0.3, -0.25) is 4.79 Å². The van der Waals surface area contributed by atoms with E-state index in [0.717, 1.165) is 4.34 Å². The van der Waals surface area contributed by atoms with E-state index in [0.29, 0.717) is 17.2 Å². The maximum Gasteiger partial charge on any atom is 0.233 e. The van der Waals surface area contributed by atoms with Crippen LogP contribution in [0, 0.1) is 5.82 Å². The number of carbonyl (C=O) groups excluding carboxylic acids is 1. The predicted molar refractivity (Wildman–Crippen MR) is 97.8 cm³/mol. The van der Waals surface area contributed by atoms with Crippen LogP contribution in [-0.4, -0.2) is 26.3 Å². The molecule has 2 aromatic heterocycles. The third-order valence-corrected chi connectivity index (χ3v) is 5.21. The number of rotatable bonds is 7. The van der Waals surface area contributed by atoms with Crippen molar-refractivity contribution in [3.63, 3.8) is 0 Å². The fourth-order valence-electron chi connectivity index (χ4n) is 2.04. The molecule has 0 bridgehead atoms. The van der Waals surface area contributed by atoms with Gasteiger partial charge in [0, 0.05) is 24.4 Å². The van der Waals surface area contributed by atoms with Crippen LogP contribution >= 0.6 is 23.1 Å². The molecule has 0 saturated carbocycles. The average molecular weight is 390 g/mol. The fourth-order valence-corrected chi connectivity index (χ4v) is 3.69. The first-order chi connectivity index (χ1) is 12.6. The Balaban J connectivity index is 1.62. The predicted octanol–water partition coefficient (Wildman–Crippen LogP) is 3.66. The first kappa shape index (κ1) is 18.3. The molecule has 0 spiro atoms. The van der Waals surface area contributed by atoms with Crippen molar-refractivity contribution in [2.45, 2.75) is 23.1 Å². The number of amides is 1. The van der Waals surface area contributed by atoms with Gasteiger partial charge in [-0.2, -0.15) is 0 Å². The van der Waals surface area contributed by atoms with Gasteiger partial charge in [-0.15, -0.1) is 10.2 Å². The van der Waals surface area contributed by atoms with Gasteiger partial charge in [-0.1, -0.05) is 35.2 Å². The van der Waals surface area contributed by atoms with E-state index in [2.05, 4.69) is 20.5 Å². The Kier molecular flexibility index (Phi) is 6.13. The highest BCUT2D eigenvalue weighted by Gasteiger charge is 2.17. The van der Waals surface area contributed by atoms with Gasteiger partial charge >= 0.3 is 0 Å². The van der Waals surface area contributed by atoms with Crippen LogP contribution in [0.15, 0.2) is 52.4 Å². The molecule has 9 heteroatoms. The summed E-state index contributed by atoms with van der Waals surface area (Å²) < 4.78 is 19.7. The summed E-state index contributed by atoms with van der Waals surface area (Å²) >= 11 is 2.73. The summed E-state index contributed by atoms with van der Waals surface area (Å²) in [6, 6.07) is 9.35. The van der Waals surface area contributed by atoms with Crippen LogP contribution in [0.5, 0.6) is 11.6 Å². The molecule has 1 aromatic carbocycles. The summed E-state index contributed by atoms with van der Waals surface area (Å²) in [6.07, 6.45) is 1.58. The van der Waals surface area contributed by atoms with E-state index in [4.69, 9.17) is 4.74 Å². The highest BCUT2D eigenvalue weighted by atomic mass is 32.2. The monoisotopic (exact) mass is 390 g/mol. The van der Waals surface area contributed by atoms with E-state index in [1.54, 1.807) is 42.9 Å². The molecular formula is C17H15FN4O2S2. The lowest BCUT2D eigenvalue weighted by atomic mass is 10.2. The number of aromatic nitrogens is 3. The summed E-state index contributed by atoms with van der Waals surface area (Å²) in [6.45, 7) is 2.05. The number of nitrogens with one attached hydrogen (secondary N) is 1. The zero-order chi connectivity index (χ0) is 18.4. The topological polar surface area (TPSA) is 77.0 Å². The minimum atomic E-state index is -0.393. The lowest BCUT2D eigenvalue weighted by Crippen LogP contribution is -2.30. The SMILES string of the molecule is CC(Sc1nncs1)C(=O)NCc1cccnc1Oc1cccc(F)c1. The maximum absolute atomic E-state index is 13.3. The standard InChI is InChI=1S/C17H15FN4O2S2/c1-11(26-17-22-21-10-25-17)15(23)20-9-12-4-3-7-19-16(12)24-14-6-2-5-13(18)8-14/h2-8,10-11H,9H2,1H3,(H,20,23). The minimum absolute atomic E-state index is 0.134. The first-order valence-electron chi connectivity index (χ1n) is 7.69. The number of halogens is 1. The summed E-state index contributed by atoms with van der Waals surface area (Å²) in [5.74, 6) is 0.140. The van der Waals surface area contributed by atoms with Crippen molar-refractivity contribution in [1.82, 2.24) is 20.5 Å². The highest BCUT2D eigenvalue weighted by Crippen LogP contribution is 2.25. The van der Waals surface area contributed by atoms with E-state index in [1.165, 1.54) is 35.2 Å². The Morgan fingerprint density at radius 2 is 2.27 bits per heavy atom. The molecule has 0 aliphatic carbocycles. The molecule has 3 rings (SSSR count). The molecule has 1 atom stereocenters. The number of nitrogens with zero attached hydrogens (tertiary/aromatic N) is 3. The van der Waals surface area contributed by atoms with E-state index >= 15 is 0 Å². The molecule has 1 N–H and O–H groups in total. The van der Waals surface area contributed by atoms with Crippen molar-refractivity contribution >= 4 is 29.0 Å². The normalized spacial score (nSPS) is 11.8. The van der Waals surface area contributed by atoms with Crippen LogP contribution in [0.25, 0.3) is 0 Å². The van der Waals surface area contributed by atoms with Crippen molar-refractivity contribution in [1.29, 1.82) is 0 Å². The Bertz CT molecular complexity index is 877. The molecule has 0 fully saturated rings. The van der Waals surface area contributed by atoms with Gasteiger partial charge < -0.3 is 10.1 Å². The Labute approximate surface area is 157 Å². The molecule has 0 radical (unpaired) electrons. The van der Waals surface area contributed by atoms with Crippen LogP contribution in [0.3, 0.4) is 0 Å². The smallest absolute Gasteiger partial charge is 0.233 e. The van der Waals surface area contributed by atoms with Crippen LogP contribution < -0.4 is 10.1 Å². The quantitative estimate of drug-likeness (QED) is 0.621. The largest absolute Gasteiger partial charge is 0.439 e. The van der Waals surface area contributed by atoms with Gasteiger partial charge in [-0.05, 0) is 25.1 Å². The Hall–Kier alpha value is -2.52. The summed E-state index contributed by atoms with van der Waals surface area (Å²) in [7, 11) is 0. The number of pyridine rings is 1. The number of thioether (sulfide) groups is 1. The molecule has 1 unspecified atom stereocenters. The molecule has 134 valence electrons. The van der Waals surface area contributed by atoms with Gasteiger partial charge in [0.15, 0.2) is 4.34 Å². The summed E-state index contributed by atoms with van der Waals surface area (Å²) in [5, 5.41) is 10.2. The highest BCUT2D eigenvalue weighted by molar-refractivity contribution is 8.02. The van der Waals surface area contributed by atoms with E-state index < -0.39 is 5.82 Å². The third kappa shape index (κ3) is 4.99. The molecule has 3 aromatic rings. The van der Waals surface area contributed by atoms with Gasteiger partial charge in [0.05, 0.1) is 5.25 Å². The number of hydrogen-bond donors (Lipinski definition) is 1. The number of carbonyl (C=O) groups is 1. The number of benzene rings is 1. The molecular weight excluding hydrogens is 375 g/mol. The second-order valence-corrected chi connectivity index (χ2v) is 7.63. The second kappa shape index (κ2) is 8.72. The lowest BCUT2D eigenvalue weighted by molar-refractivity contribution is -0.120. The van der Waals surface area contributed by atoms with Crippen molar-refractivity contribution in [2.24, 2.45) is 0 Å². The molecule has 0 saturated heterocycles. The van der Waals surface area contributed by atoms with Crippen LogP contribution in [0.1, 0.15) is 12.5 Å². The fraction of sp³-hybridized carbons (Fsp3) is 0.176. The second-order valence-electron chi connectivity index (χ2n) is 5.21. The number of ether oxygens (including phenoxy) is 1. The molecule has 1 amide bonds. The Morgan fingerprint density at radius 3 is 3.04 bits per heavy atom. The third-order valence-electron chi connectivity index (χ3n) is 3.30. The molecule has 26 heavy (non-hydrogen) atoms. The minimum Gasteiger partial charge on any atom is -0.439 e. The van der Waals surface area contributed by atoms with Crippen LogP contribution in [-0.2, 0) is 11.3 Å². The maximum atomic E-state index is 13.3. The van der Waals surface area contributed by atoms with Crippen LogP contribution in [0.4, 0.5) is 4.39 Å². The van der Waals surface area contributed by atoms with Crippen molar-refractivity contribution in [2.75, 3.05) is 0 Å². The summed E-state index contributed by atoms with van der Waals surface area (Å²) in [5.41, 5.74) is 2.32. The van der Waals surface area contributed by atoms with Crippen molar-refractivity contribution in [3.05, 3.63) is 59.5 Å². The lowest BCUT2D eigenvalue weighted by Gasteiger charge is -2.13. The van der Waals surface area contributed by atoms with E-state index in [-0.39, 0.29) is 17.7 Å². The zero-order valence-electron chi connectivity index (χ0n) is 13.8. The molecule has 0 aliphatic heterocycles. The van der Waals surface area contributed by atoms with E-state index in [1.807, 2.05) is 0 Å². The first-order valence-corrected chi connectivity index (χ1v) is 9.45. The average Bonchev–Trinajstić information content (AvgIpc) is 3.13. The molecule has 2 heterocycles. The van der Waals surface area contributed by atoms with Crippen molar-refractivity contribution in [3.8, 4) is 11.6 Å². The van der Waals surface area contributed by atoms with Crippen LogP contribution in [0.2, 0.25) is 0 Å².